The first-order valence-electron chi connectivity index (χ1n) is 5.55. The Morgan fingerprint density at radius 3 is 2.56 bits per heavy atom. The fourth-order valence-electron chi connectivity index (χ4n) is 2.05. The lowest BCUT2D eigenvalue weighted by Crippen LogP contribution is -2.15. The van der Waals surface area contributed by atoms with Crippen molar-refractivity contribution in [1.82, 2.24) is 0 Å². The summed E-state index contributed by atoms with van der Waals surface area (Å²) in [5.74, 6) is 2.49. The fraction of sp³-hybridized carbons (Fsp3) is 0.500. The molecular formula is C12H14OS3. The summed E-state index contributed by atoms with van der Waals surface area (Å²) < 4.78 is 12.7. The number of benzene rings is 1. The van der Waals surface area contributed by atoms with Crippen molar-refractivity contribution in [2.24, 2.45) is 0 Å². The molecule has 1 heterocycles. The Hall–Kier alpha value is 0.0700. The SMILES string of the molecule is O=S(c1ccccc1)C1CC12SCCCS2. The normalized spacial score (nSPS) is 28.9. The molecule has 4 heteroatoms. The Kier molecular flexibility index (Phi) is 3.07. The molecule has 2 atom stereocenters. The van der Waals surface area contributed by atoms with Crippen molar-refractivity contribution < 1.29 is 4.21 Å². The van der Waals surface area contributed by atoms with E-state index in [0.717, 1.165) is 11.3 Å². The first-order valence-corrected chi connectivity index (χ1v) is 8.74. The molecule has 16 heavy (non-hydrogen) atoms. The maximum atomic E-state index is 12.4. The molecule has 1 nitrogen and oxygen atoms in total. The molecule has 1 aromatic rings. The second-order valence-corrected chi connectivity index (χ2v) is 8.91. The van der Waals surface area contributed by atoms with E-state index in [1.807, 2.05) is 53.9 Å². The second kappa shape index (κ2) is 4.39. The van der Waals surface area contributed by atoms with E-state index in [-0.39, 0.29) is 0 Å². The van der Waals surface area contributed by atoms with Crippen LogP contribution in [0.1, 0.15) is 12.8 Å². The van der Waals surface area contributed by atoms with Crippen LogP contribution >= 0.6 is 23.5 Å². The Morgan fingerprint density at radius 1 is 1.19 bits per heavy atom. The van der Waals surface area contributed by atoms with E-state index in [9.17, 15) is 4.21 Å². The average molecular weight is 270 g/mol. The highest BCUT2D eigenvalue weighted by Crippen LogP contribution is 2.62. The molecule has 1 saturated carbocycles. The van der Waals surface area contributed by atoms with Crippen LogP contribution in [0, 0.1) is 0 Å². The van der Waals surface area contributed by atoms with Gasteiger partial charge in [0.2, 0.25) is 0 Å². The van der Waals surface area contributed by atoms with E-state index in [0.29, 0.717) is 9.33 Å². The van der Waals surface area contributed by atoms with Crippen LogP contribution in [-0.2, 0) is 10.8 Å². The van der Waals surface area contributed by atoms with Gasteiger partial charge in [-0.25, -0.2) is 0 Å². The lowest BCUT2D eigenvalue weighted by atomic mass is 10.4. The molecule has 1 spiro atoms. The summed E-state index contributed by atoms with van der Waals surface area (Å²) in [6.07, 6.45) is 2.44. The Morgan fingerprint density at radius 2 is 1.88 bits per heavy atom. The summed E-state index contributed by atoms with van der Waals surface area (Å²) >= 11 is 4.06. The van der Waals surface area contributed by atoms with E-state index in [1.54, 1.807) is 0 Å². The van der Waals surface area contributed by atoms with Crippen molar-refractivity contribution in [2.75, 3.05) is 11.5 Å². The predicted molar refractivity (Wildman–Crippen MR) is 73.5 cm³/mol. The van der Waals surface area contributed by atoms with Gasteiger partial charge >= 0.3 is 0 Å². The summed E-state index contributed by atoms with van der Waals surface area (Å²) in [6.45, 7) is 0. The summed E-state index contributed by atoms with van der Waals surface area (Å²) in [7, 11) is -0.803. The number of hydrogen-bond donors (Lipinski definition) is 0. The second-order valence-electron chi connectivity index (χ2n) is 4.17. The van der Waals surface area contributed by atoms with Crippen LogP contribution < -0.4 is 0 Å². The number of hydrogen-bond acceptors (Lipinski definition) is 3. The molecule has 3 rings (SSSR count). The molecule has 0 bridgehead atoms. The van der Waals surface area contributed by atoms with Gasteiger partial charge in [-0.05, 0) is 36.5 Å². The summed E-state index contributed by atoms with van der Waals surface area (Å²) in [6, 6.07) is 9.90. The van der Waals surface area contributed by atoms with Crippen LogP contribution in [0.3, 0.4) is 0 Å². The Bertz CT molecular complexity index is 398. The molecule has 1 aliphatic carbocycles. The molecule has 2 fully saturated rings. The van der Waals surface area contributed by atoms with Gasteiger partial charge in [0, 0.05) is 4.90 Å². The predicted octanol–water partition coefficient (Wildman–Crippen LogP) is 3.13. The Balaban J connectivity index is 1.74. The summed E-state index contributed by atoms with van der Waals surface area (Å²) in [5.41, 5.74) is 0. The topological polar surface area (TPSA) is 17.1 Å². The van der Waals surface area contributed by atoms with Gasteiger partial charge in [0.1, 0.15) is 0 Å². The van der Waals surface area contributed by atoms with Crippen molar-refractivity contribution in [3.8, 4) is 0 Å². The van der Waals surface area contributed by atoms with E-state index >= 15 is 0 Å². The van der Waals surface area contributed by atoms with Crippen LogP contribution in [-0.4, -0.2) is 25.0 Å². The van der Waals surface area contributed by atoms with E-state index < -0.39 is 10.8 Å². The molecule has 0 N–H and O–H groups in total. The molecule has 2 unspecified atom stereocenters. The lowest BCUT2D eigenvalue weighted by Gasteiger charge is -2.21. The van der Waals surface area contributed by atoms with Crippen LogP contribution in [0.15, 0.2) is 35.2 Å². The zero-order valence-electron chi connectivity index (χ0n) is 8.93. The highest BCUT2D eigenvalue weighted by molar-refractivity contribution is 8.20. The first kappa shape index (κ1) is 11.2. The third-order valence-corrected chi connectivity index (χ3v) is 8.71. The molecule has 1 aliphatic heterocycles. The third-order valence-electron chi connectivity index (χ3n) is 3.02. The summed E-state index contributed by atoms with van der Waals surface area (Å²) in [5, 5.41) is 0.380. The monoisotopic (exact) mass is 270 g/mol. The third kappa shape index (κ3) is 1.95. The Labute approximate surface area is 107 Å². The highest BCUT2D eigenvalue weighted by Gasteiger charge is 2.59. The minimum absolute atomic E-state index is 0.305. The van der Waals surface area contributed by atoms with Crippen LogP contribution in [0.25, 0.3) is 0 Å². The van der Waals surface area contributed by atoms with Gasteiger partial charge in [0.15, 0.2) is 0 Å². The minimum Gasteiger partial charge on any atom is -0.254 e. The van der Waals surface area contributed by atoms with Crippen molar-refractivity contribution in [3.05, 3.63) is 30.3 Å². The van der Waals surface area contributed by atoms with E-state index in [1.165, 1.54) is 17.9 Å². The van der Waals surface area contributed by atoms with Gasteiger partial charge in [0.05, 0.1) is 20.1 Å². The van der Waals surface area contributed by atoms with Crippen LogP contribution in [0.5, 0.6) is 0 Å². The molecule has 0 radical (unpaired) electrons. The van der Waals surface area contributed by atoms with Crippen molar-refractivity contribution in [1.29, 1.82) is 0 Å². The van der Waals surface area contributed by atoms with Gasteiger partial charge in [-0.3, -0.25) is 4.21 Å². The van der Waals surface area contributed by atoms with Crippen molar-refractivity contribution >= 4 is 34.3 Å². The fourth-order valence-corrected chi connectivity index (χ4v) is 7.91. The molecule has 1 aromatic carbocycles. The largest absolute Gasteiger partial charge is 0.254 e. The number of thioether (sulfide) groups is 2. The van der Waals surface area contributed by atoms with E-state index in [2.05, 4.69) is 0 Å². The summed E-state index contributed by atoms with van der Waals surface area (Å²) in [4.78, 5) is 0.996. The van der Waals surface area contributed by atoms with E-state index in [4.69, 9.17) is 0 Å². The highest BCUT2D eigenvalue weighted by atomic mass is 32.2. The zero-order chi connectivity index (χ0) is 11.0. The van der Waals surface area contributed by atoms with Gasteiger partial charge in [-0.1, -0.05) is 18.2 Å². The van der Waals surface area contributed by atoms with Crippen LogP contribution in [0.4, 0.5) is 0 Å². The van der Waals surface area contributed by atoms with Gasteiger partial charge in [0.25, 0.3) is 0 Å². The van der Waals surface area contributed by atoms with Gasteiger partial charge < -0.3 is 0 Å². The quantitative estimate of drug-likeness (QED) is 0.822. The van der Waals surface area contributed by atoms with Gasteiger partial charge in [-0.2, -0.15) is 0 Å². The van der Waals surface area contributed by atoms with Crippen LogP contribution in [0.2, 0.25) is 0 Å². The molecule has 0 aromatic heterocycles. The lowest BCUT2D eigenvalue weighted by molar-refractivity contribution is 0.682. The molecule has 2 aliphatic rings. The first-order chi connectivity index (χ1) is 7.82. The minimum atomic E-state index is -0.803. The maximum Gasteiger partial charge on any atom is 0.0770 e. The zero-order valence-corrected chi connectivity index (χ0v) is 11.4. The molecular weight excluding hydrogens is 256 g/mol. The molecule has 1 saturated heterocycles. The smallest absolute Gasteiger partial charge is 0.0770 e. The van der Waals surface area contributed by atoms with Crippen molar-refractivity contribution in [2.45, 2.75) is 27.1 Å². The van der Waals surface area contributed by atoms with Gasteiger partial charge in [-0.15, -0.1) is 23.5 Å². The standard InChI is InChI=1S/C12H14OS3/c13-16(10-5-2-1-3-6-10)11-9-12(11)14-7-4-8-15-12/h1-3,5-6,11H,4,7-9H2. The maximum absolute atomic E-state index is 12.4. The number of rotatable bonds is 2. The molecule has 86 valence electrons. The average Bonchev–Trinajstić information content (AvgIpc) is 3.04. The molecule has 0 amide bonds. The van der Waals surface area contributed by atoms with Crippen molar-refractivity contribution in [3.63, 3.8) is 0 Å².